The van der Waals surface area contributed by atoms with E-state index in [1.165, 1.54) is 0 Å². The van der Waals surface area contributed by atoms with Gasteiger partial charge in [0.1, 0.15) is 11.4 Å². The molecule has 2 rings (SSSR count). The Bertz CT molecular complexity index is 739. The Morgan fingerprint density at radius 2 is 1.81 bits per heavy atom. The Hall–Kier alpha value is -2.20. The number of aryl methyl sites for hydroxylation is 2. The zero-order chi connectivity index (χ0) is 18.4. The molecule has 0 spiro atoms. The van der Waals surface area contributed by atoms with Gasteiger partial charge in [0.15, 0.2) is 0 Å². The van der Waals surface area contributed by atoms with Crippen molar-refractivity contribution >= 4 is 24.0 Å². The Morgan fingerprint density at radius 1 is 1.12 bits per heavy atom. The number of carbonyl (C=O) groups excluding carboxylic acids is 1. The summed E-state index contributed by atoms with van der Waals surface area (Å²) in [7, 11) is 0. The summed E-state index contributed by atoms with van der Waals surface area (Å²) in [5.41, 5.74) is 9.48. The number of ether oxygens (including phenoxy) is 1. The fourth-order valence-corrected chi connectivity index (χ4v) is 2.52. The fourth-order valence-electron chi connectivity index (χ4n) is 2.52. The van der Waals surface area contributed by atoms with E-state index in [2.05, 4.69) is 5.32 Å². The molecule has 0 unspecified atom stereocenters. The number of nitrogens with two attached hydrogens (primary N) is 1. The number of nitrogen functional groups attached to an aromatic ring is 1. The number of hydrogen-bond acceptors (Lipinski definition) is 3. The van der Waals surface area contributed by atoms with Crippen molar-refractivity contribution in [1.29, 1.82) is 0 Å². The third-order valence-electron chi connectivity index (χ3n) is 3.79. The first kappa shape index (κ1) is 21.8. The first-order valence-corrected chi connectivity index (χ1v) is 8.63. The summed E-state index contributed by atoms with van der Waals surface area (Å²) < 4.78 is 6.02. The standard InChI is InChI=1S/C21H28N2O2.ClH/c1-15-9-10-17(19(13-15)25-21(2,3)4)14-23-20(24)12-11-16-7-5-6-8-18(16)22;/h5-10,13H,11-12,14,22H2,1-4H3,(H,23,24);1H. The van der Waals surface area contributed by atoms with E-state index in [0.29, 0.717) is 19.4 Å². The van der Waals surface area contributed by atoms with Gasteiger partial charge >= 0.3 is 0 Å². The molecule has 3 N–H and O–H groups in total. The van der Waals surface area contributed by atoms with Gasteiger partial charge in [-0.25, -0.2) is 0 Å². The Labute approximate surface area is 162 Å². The number of rotatable bonds is 6. The van der Waals surface area contributed by atoms with E-state index in [1.54, 1.807) is 0 Å². The van der Waals surface area contributed by atoms with Gasteiger partial charge in [-0.05, 0) is 57.4 Å². The Balaban J connectivity index is 0.00000338. The van der Waals surface area contributed by atoms with Gasteiger partial charge in [0.05, 0.1) is 0 Å². The van der Waals surface area contributed by atoms with Crippen molar-refractivity contribution in [1.82, 2.24) is 5.32 Å². The van der Waals surface area contributed by atoms with Gasteiger partial charge in [-0.2, -0.15) is 0 Å². The number of nitrogens with one attached hydrogen (secondary N) is 1. The van der Waals surface area contributed by atoms with Gasteiger partial charge in [-0.1, -0.05) is 30.3 Å². The average Bonchev–Trinajstić information content (AvgIpc) is 2.52. The average molecular weight is 377 g/mol. The van der Waals surface area contributed by atoms with Gasteiger partial charge in [0.2, 0.25) is 5.91 Å². The molecule has 4 nitrogen and oxygen atoms in total. The molecule has 142 valence electrons. The highest BCUT2D eigenvalue weighted by Gasteiger charge is 2.15. The molecule has 0 heterocycles. The van der Waals surface area contributed by atoms with E-state index in [0.717, 1.165) is 28.1 Å². The van der Waals surface area contributed by atoms with Gasteiger partial charge < -0.3 is 15.8 Å². The molecule has 0 aliphatic carbocycles. The summed E-state index contributed by atoms with van der Waals surface area (Å²) in [6.07, 6.45) is 1.05. The van der Waals surface area contributed by atoms with Crippen molar-refractivity contribution in [2.24, 2.45) is 0 Å². The van der Waals surface area contributed by atoms with Gasteiger partial charge in [0.25, 0.3) is 0 Å². The summed E-state index contributed by atoms with van der Waals surface area (Å²) in [5.74, 6) is 0.825. The summed E-state index contributed by atoms with van der Waals surface area (Å²) in [5, 5.41) is 2.97. The van der Waals surface area contributed by atoms with Crippen LogP contribution in [0.25, 0.3) is 0 Å². The first-order chi connectivity index (χ1) is 11.7. The van der Waals surface area contributed by atoms with Crippen molar-refractivity contribution < 1.29 is 9.53 Å². The summed E-state index contributed by atoms with van der Waals surface area (Å²) in [6, 6.07) is 13.7. The van der Waals surface area contributed by atoms with Crippen LogP contribution in [0.4, 0.5) is 5.69 Å². The maximum atomic E-state index is 12.2. The molecule has 0 atom stereocenters. The van der Waals surface area contributed by atoms with E-state index in [-0.39, 0.29) is 23.9 Å². The molecule has 0 bridgehead atoms. The van der Waals surface area contributed by atoms with Crippen LogP contribution in [0.3, 0.4) is 0 Å². The van der Waals surface area contributed by atoms with E-state index >= 15 is 0 Å². The molecule has 0 saturated heterocycles. The molecule has 26 heavy (non-hydrogen) atoms. The molecule has 0 aliphatic rings. The van der Waals surface area contributed by atoms with Crippen LogP contribution < -0.4 is 15.8 Å². The number of halogens is 1. The maximum absolute atomic E-state index is 12.2. The minimum absolute atomic E-state index is 0. The largest absolute Gasteiger partial charge is 0.488 e. The topological polar surface area (TPSA) is 64.4 Å². The minimum Gasteiger partial charge on any atom is -0.488 e. The van der Waals surface area contributed by atoms with Crippen LogP contribution in [-0.4, -0.2) is 11.5 Å². The van der Waals surface area contributed by atoms with Gasteiger partial charge in [0, 0.05) is 24.2 Å². The summed E-state index contributed by atoms with van der Waals surface area (Å²) in [4.78, 5) is 12.2. The van der Waals surface area contributed by atoms with Gasteiger partial charge in [-0.15, -0.1) is 12.4 Å². The van der Waals surface area contributed by atoms with Crippen molar-refractivity contribution in [3.8, 4) is 5.75 Å². The molecular weight excluding hydrogens is 348 g/mol. The fraction of sp³-hybridized carbons (Fsp3) is 0.381. The molecule has 2 aromatic carbocycles. The van der Waals surface area contributed by atoms with Gasteiger partial charge in [-0.3, -0.25) is 4.79 Å². The highest BCUT2D eigenvalue weighted by molar-refractivity contribution is 5.85. The van der Waals surface area contributed by atoms with E-state index in [9.17, 15) is 4.79 Å². The lowest BCUT2D eigenvalue weighted by molar-refractivity contribution is -0.121. The quantitative estimate of drug-likeness (QED) is 0.733. The minimum atomic E-state index is -0.280. The molecule has 5 heteroatoms. The number of benzene rings is 2. The molecule has 1 amide bonds. The zero-order valence-corrected chi connectivity index (χ0v) is 16.8. The second-order valence-corrected chi connectivity index (χ2v) is 7.30. The molecule has 0 aliphatic heterocycles. The molecule has 0 fully saturated rings. The monoisotopic (exact) mass is 376 g/mol. The van der Waals surface area contributed by atoms with Crippen molar-refractivity contribution in [2.45, 2.75) is 52.7 Å². The lowest BCUT2D eigenvalue weighted by Gasteiger charge is -2.23. The second kappa shape index (κ2) is 9.48. The summed E-state index contributed by atoms with van der Waals surface area (Å²) in [6.45, 7) is 8.53. The maximum Gasteiger partial charge on any atom is 0.220 e. The Morgan fingerprint density at radius 3 is 2.46 bits per heavy atom. The number of para-hydroxylation sites is 1. The second-order valence-electron chi connectivity index (χ2n) is 7.30. The van der Waals surface area contributed by atoms with Crippen molar-refractivity contribution in [3.63, 3.8) is 0 Å². The van der Waals surface area contributed by atoms with Crippen LogP contribution in [0, 0.1) is 6.92 Å². The number of amides is 1. The van der Waals surface area contributed by atoms with Crippen LogP contribution in [-0.2, 0) is 17.8 Å². The lowest BCUT2D eigenvalue weighted by Crippen LogP contribution is -2.26. The Kier molecular flexibility index (Phi) is 7.97. The van der Waals surface area contributed by atoms with E-state index in [4.69, 9.17) is 10.5 Å². The van der Waals surface area contributed by atoms with E-state index < -0.39 is 0 Å². The number of anilines is 1. The number of hydrogen-bond donors (Lipinski definition) is 2. The van der Waals surface area contributed by atoms with Crippen LogP contribution in [0.1, 0.15) is 43.9 Å². The first-order valence-electron chi connectivity index (χ1n) is 8.63. The predicted molar refractivity (Wildman–Crippen MR) is 110 cm³/mol. The van der Waals surface area contributed by atoms with Crippen LogP contribution in [0.5, 0.6) is 5.75 Å². The smallest absolute Gasteiger partial charge is 0.220 e. The van der Waals surface area contributed by atoms with Crippen LogP contribution >= 0.6 is 12.4 Å². The molecule has 0 saturated carbocycles. The highest BCUT2D eigenvalue weighted by Crippen LogP contribution is 2.24. The molecular formula is C21H29ClN2O2. The van der Waals surface area contributed by atoms with Crippen molar-refractivity contribution in [2.75, 3.05) is 5.73 Å². The highest BCUT2D eigenvalue weighted by atomic mass is 35.5. The predicted octanol–water partition coefficient (Wildman–Crippen LogP) is 4.43. The van der Waals surface area contributed by atoms with E-state index in [1.807, 2.05) is 70.2 Å². The third-order valence-corrected chi connectivity index (χ3v) is 3.79. The van der Waals surface area contributed by atoms with Crippen molar-refractivity contribution in [3.05, 3.63) is 59.2 Å². The summed E-state index contributed by atoms with van der Waals surface area (Å²) >= 11 is 0. The lowest BCUT2D eigenvalue weighted by atomic mass is 10.1. The molecule has 2 aromatic rings. The molecule has 0 radical (unpaired) electrons. The van der Waals surface area contributed by atoms with Crippen LogP contribution in [0.15, 0.2) is 42.5 Å². The zero-order valence-electron chi connectivity index (χ0n) is 16.0. The SMILES string of the molecule is Cc1ccc(CNC(=O)CCc2ccccc2N)c(OC(C)(C)C)c1.Cl. The number of carbonyl (C=O) groups is 1. The third kappa shape index (κ3) is 6.96. The van der Waals surface area contributed by atoms with Crippen LogP contribution in [0.2, 0.25) is 0 Å². The normalized spacial score (nSPS) is 10.8. The molecule has 0 aromatic heterocycles.